The van der Waals surface area contributed by atoms with Gasteiger partial charge in [0.2, 0.25) is 10.0 Å². The van der Waals surface area contributed by atoms with Crippen LogP contribution in [0.3, 0.4) is 0 Å². The summed E-state index contributed by atoms with van der Waals surface area (Å²) in [5.74, 6) is 0.217. The number of Topliss-reactive ketones (excluding diaryl/α,β-unsaturated/α-hetero) is 1. The summed E-state index contributed by atoms with van der Waals surface area (Å²) >= 11 is 0. The Balaban J connectivity index is 1.81. The molecule has 3 aliphatic rings. The number of rotatable bonds is 3. The van der Waals surface area contributed by atoms with E-state index in [9.17, 15) is 13.2 Å². The monoisotopic (exact) mass is 315 g/mol. The van der Waals surface area contributed by atoms with Crippen molar-refractivity contribution in [3.63, 3.8) is 0 Å². The lowest BCUT2D eigenvalue weighted by Gasteiger charge is -2.40. The number of hydrogen-bond acceptors (Lipinski definition) is 4. The van der Waals surface area contributed by atoms with E-state index >= 15 is 0 Å². The van der Waals surface area contributed by atoms with Crippen molar-refractivity contribution in [2.75, 3.05) is 19.8 Å². The standard InChI is InChI=1S/C15H25NO4S/c17-15-6-3-4-13(15)14-5-1-2-9-16(14)21(18,19)12-7-10-20-11-8-12/h12-14H,1-11H2. The molecule has 0 aromatic rings. The van der Waals surface area contributed by atoms with Crippen molar-refractivity contribution in [2.45, 2.75) is 62.7 Å². The molecule has 5 nitrogen and oxygen atoms in total. The number of piperidine rings is 1. The van der Waals surface area contributed by atoms with Crippen LogP contribution in [0.1, 0.15) is 51.4 Å². The Bertz CT molecular complexity index is 484. The molecule has 0 amide bonds. The van der Waals surface area contributed by atoms with Crippen LogP contribution in [-0.2, 0) is 19.6 Å². The predicted molar refractivity (Wildman–Crippen MR) is 79.5 cm³/mol. The number of ketones is 1. The lowest BCUT2D eigenvalue weighted by molar-refractivity contribution is -0.122. The summed E-state index contributed by atoms with van der Waals surface area (Å²) in [6.45, 7) is 1.66. The first-order chi connectivity index (χ1) is 10.1. The molecule has 1 saturated carbocycles. The van der Waals surface area contributed by atoms with Crippen LogP contribution >= 0.6 is 0 Å². The van der Waals surface area contributed by atoms with E-state index in [0.29, 0.717) is 39.0 Å². The molecule has 120 valence electrons. The molecule has 6 heteroatoms. The molecular weight excluding hydrogens is 290 g/mol. The first-order valence-corrected chi connectivity index (χ1v) is 9.72. The summed E-state index contributed by atoms with van der Waals surface area (Å²) in [6.07, 6.45) is 6.39. The molecule has 3 fully saturated rings. The van der Waals surface area contributed by atoms with Gasteiger partial charge in [0.25, 0.3) is 0 Å². The van der Waals surface area contributed by atoms with Crippen molar-refractivity contribution in [2.24, 2.45) is 5.92 Å². The van der Waals surface area contributed by atoms with E-state index in [1.54, 1.807) is 4.31 Å². The highest BCUT2D eigenvalue weighted by atomic mass is 32.2. The average molecular weight is 315 g/mol. The number of ether oxygens (including phenoxy) is 1. The Kier molecular flexibility index (Phi) is 4.66. The molecule has 0 radical (unpaired) electrons. The van der Waals surface area contributed by atoms with Crippen LogP contribution in [0.15, 0.2) is 0 Å². The smallest absolute Gasteiger partial charge is 0.217 e. The van der Waals surface area contributed by atoms with E-state index in [1.165, 1.54) is 0 Å². The number of carbonyl (C=O) groups excluding carboxylic acids is 1. The number of hydrogen-bond donors (Lipinski definition) is 0. The van der Waals surface area contributed by atoms with Gasteiger partial charge in [-0.3, -0.25) is 4.79 Å². The molecule has 1 aliphatic carbocycles. The third kappa shape index (κ3) is 3.03. The van der Waals surface area contributed by atoms with E-state index in [4.69, 9.17) is 4.74 Å². The van der Waals surface area contributed by atoms with Gasteiger partial charge < -0.3 is 4.74 Å². The molecule has 2 saturated heterocycles. The summed E-state index contributed by atoms with van der Waals surface area (Å²) in [5, 5.41) is -0.316. The maximum Gasteiger partial charge on any atom is 0.217 e. The average Bonchev–Trinajstić information content (AvgIpc) is 2.94. The normalized spacial score (nSPS) is 33.4. The molecule has 0 aromatic heterocycles. The molecule has 2 atom stereocenters. The third-order valence-corrected chi connectivity index (χ3v) is 7.65. The fourth-order valence-corrected chi connectivity index (χ4v) is 6.25. The Morgan fingerprint density at radius 2 is 1.76 bits per heavy atom. The fraction of sp³-hybridized carbons (Fsp3) is 0.933. The largest absolute Gasteiger partial charge is 0.381 e. The molecule has 2 heterocycles. The van der Waals surface area contributed by atoms with Crippen LogP contribution in [0.5, 0.6) is 0 Å². The zero-order valence-corrected chi connectivity index (χ0v) is 13.3. The predicted octanol–water partition coefficient (Wildman–Crippen LogP) is 1.72. The molecule has 0 N–H and O–H groups in total. The molecule has 2 unspecified atom stereocenters. The first-order valence-electron chi connectivity index (χ1n) is 8.22. The highest BCUT2D eigenvalue weighted by Crippen LogP contribution is 2.35. The minimum Gasteiger partial charge on any atom is -0.381 e. The topological polar surface area (TPSA) is 63.7 Å². The second-order valence-corrected chi connectivity index (χ2v) is 8.66. The van der Waals surface area contributed by atoms with E-state index in [2.05, 4.69) is 0 Å². The van der Waals surface area contributed by atoms with Crippen LogP contribution in [-0.4, -0.2) is 49.6 Å². The minimum absolute atomic E-state index is 0.0556. The van der Waals surface area contributed by atoms with Crippen LogP contribution in [0.25, 0.3) is 0 Å². The Morgan fingerprint density at radius 3 is 2.43 bits per heavy atom. The van der Waals surface area contributed by atoms with Gasteiger partial charge in [0.15, 0.2) is 0 Å². The number of nitrogens with zero attached hydrogens (tertiary/aromatic N) is 1. The van der Waals surface area contributed by atoms with E-state index in [0.717, 1.165) is 32.1 Å². The van der Waals surface area contributed by atoms with Gasteiger partial charge in [0.05, 0.1) is 5.25 Å². The van der Waals surface area contributed by atoms with Crippen LogP contribution in [0.2, 0.25) is 0 Å². The number of sulfonamides is 1. The summed E-state index contributed by atoms with van der Waals surface area (Å²) < 4.78 is 32.9. The maximum atomic E-state index is 13.0. The SMILES string of the molecule is O=C1CCCC1C1CCCCN1S(=O)(=O)C1CCOCC1. The second kappa shape index (κ2) is 6.34. The van der Waals surface area contributed by atoms with E-state index in [1.807, 2.05) is 0 Å². The van der Waals surface area contributed by atoms with Gasteiger partial charge in [-0.15, -0.1) is 0 Å². The van der Waals surface area contributed by atoms with Gasteiger partial charge in [-0.2, -0.15) is 4.31 Å². The summed E-state index contributed by atoms with van der Waals surface area (Å²) in [4.78, 5) is 12.1. The van der Waals surface area contributed by atoms with Gasteiger partial charge >= 0.3 is 0 Å². The van der Waals surface area contributed by atoms with Gasteiger partial charge in [-0.05, 0) is 38.5 Å². The first kappa shape index (κ1) is 15.4. The van der Waals surface area contributed by atoms with Crippen molar-refractivity contribution in [3.8, 4) is 0 Å². The lowest BCUT2D eigenvalue weighted by Crippen LogP contribution is -2.52. The minimum atomic E-state index is -3.29. The van der Waals surface area contributed by atoms with Gasteiger partial charge in [-0.1, -0.05) is 6.42 Å². The molecule has 0 aromatic carbocycles. The fourth-order valence-electron chi connectivity index (χ4n) is 4.06. The van der Waals surface area contributed by atoms with E-state index < -0.39 is 10.0 Å². The summed E-state index contributed by atoms with van der Waals surface area (Å²) in [7, 11) is -3.29. The Labute approximate surface area is 127 Å². The Hall–Kier alpha value is -0.460. The van der Waals surface area contributed by atoms with Gasteiger partial charge in [-0.25, -0.2) is 8.42 Å². The van der Waals surface area contributed by atoms with Gasteiger partial charge in [0.1, 0.15) is 5.78 Å². The van der Waals surface area contributed by atoms with Crippen molar-refractivity contribution in [1.29, 1.82) is 0 Å². The molecule has 0 spiro atoms. The van der Waals surface area contributed by atoms with Crippen LogP contribution in [0, 0.1) is 5.92 Å². The maximum absolute atomic E-state index is 13.0. The lowest BCUT2D eigenvalue weighted by atomic mass is 9.90. The molecule has 21 heavy (non-hydrogen) atoms. The molecule has 0 bridgehead atoms. The van der Waals surface area contributed by atoms with Crippen LogP contribution < -0.4 is 0 Å². The molecular formula is C15H25NO4S. The van der Waals surface area contributed by atoms with Crippen molar-refractivity contribution in [1.82, 2.24) is 4.31 Å². The number of carbonyl (C=O) groups is 1. The third-order valence-electron chi connectivity index (χ3n) is 5.23. The zero-order valence-electron chi connectivity index (χ0n) is 12.5. The highest BCUT2D eigenvalue weighted by Gasteiger charge is 2.44. The van der Waals surface area contributed by atoms with Crippen molar-refractivity contribution in [3.05, 3.63) is 0 Å². The van der Waals surface area contributed by atoms with Crippen molar-refractivity contribution >= 4 is 15.8 Å². The zero-order chi connectivity index (χ0) is 14.9. The second-order valence-electron chi connectivity index (χ2n) is 6.50. The van der Waals surface area contributed by atoms with Crippen LogP contribution in [0.4, 0.5) is 0 Å². The summed E-state index contributed by atoms with van der Waals surface area (Å²) in [5.41, 5.74) is 0. The van der Waals surface area contributed by atoms with Crippen molar-refractivity contribution < 1.29 is 17.9 Å². The summed E-state index contributed by atoms with van der Waals surface area (Å²) in [6, 6.07) is -0.0819. The van der Waals surface area contributed by atoms with Gasteiger partial charge in [0, 0.05) is 38.1 Å². The quantitative estimate of drug-likeness (QED) is 0.795. The van der Waals surface area contributed by atoms with E-state index in [-0.39, 0.29) is 23.0 Å². The highest BCUT2D eigenvalue weighted by molar-refractivity contribution is 7.89. The molecule has 2 aliphatic heterocycles. The molecule has 3 rings (SSSR count). The Morgan fingerprint density at radius 1 is 1.00 bits per heavy atom.